The standard InChI is InChI=1S/C14H10N2O/c15-14(17)11-6-3-7-12-13(11)10-5-2-1-4-9(10)8-16-12/h1-8H,(H2,15,17)/p+1. The molecule has 0 atom stereocenters. The number of nitrogens with two attached hydrogens (primary N) is 1. The quantitative estimate of drug-likeness (QED) is 0.629. The van der Waals surface area contributed by atoms with E-state index in [4.69, 9.17) is 5.73 Å². The lowest BCUT2D eigenvalue weighted by molar-refractivity contribution is -0.342. The number of fused-ring (bicyclic) bond motifs is 3. The number of H-pyrrole nitrogens is 1. The fourth-order valence-corrected chi connectivity index (χ4v) is 2.17. The van der Waals surface area contributed by atoms with Gasteiger partial charge in [0.25, 0.3) is 0 Å². The van der Waals surface area contributed by atoms with Gasteiger partial charge in [-0.3, -0.25) is 4.79 Å². The van der Waals surface area contributed by atoms with Crippen molar-refractivity contribution in [3.05, 3.63) is 54.2 Å². The van der Waals surface area contributed by atoms with Crippen molar-refractivity contribution >= 4 is 27.6 Å². The average Bonchev–Trinajstić information content (AvgIpc) is 2.37. The Bertz CT molecular complexity index is 734. The predicted molar refractivity (Wildman–Crippen MR) is 66.5 cm³/mol. The number of hydrogen-bond acceptors (Lipinski definition) is 1. The van der Waals surface area contributed by atoms with Crippen LogP contribution in [-0.4, -0.2) is 5.91 Å². The van der Waals surface area contributed by atoms with E-state index >= 15 is 0 Å². The summed E-state index contributed by atoms with van der Waals surface area (Å²) in [5.41, 5.74) is 6.89. The Labute approximate surface area is 97.9 Å². The largest absolute Gasteiger partial charge is 0.366 e. The summed E-state index contributed by atoms with van der Waals surface area (Å²) in [5, 5.41) is 2.99. The van der Waals surface area contributed by atoms with Gasteiger partial charge in [-0.25, -0.2) is 4.98 Å². The molecule has 0 fully saturated rings. The van der Waals surface area contributed by atoms with Crippen LogP contribution in [0.3, 0.4) is 0 Å². The molecule has 82 valence electrons. The number of hydrogen-bond donors (Lipinski definition) is 1. The second-order valence-electron chi connectivity index (χ2n) is 3.97. The first-order chi connectivity index (χ1) is 8.27. The smallest absolute Gasteiger partial charge is 0.249 e. The van der Waals surface area contributed by atoms with Gasteiger partial charge in [0.15, 0.2) is 6.20 Å². The second-order valence-corrected chi connectivity index (χ2v) is 3.97. The average molecular weight is 223 g/mol. The van der Waals surface area contributed by atoms with Crippen LogP contribution in [0.15, 0.2) is 48.7 Å². The summed E-state index contributed by atoms with van der Waals surface area (Å²) in [6.45, 7) is 0. The van der Waals surface area contributed by atoms with Crippen molar-refractivity contribution in [2.45, 2.75) is 0 Å². The summed E-state index contributed by atoms with van der Waals surface area (Å²) in [6, 6.07) is 13.4. The van der Waals surface area contributed by atoms with E-state index < -0.39 is 5.91 Å². The van der Waals surface area contributed by atoms with E-state index in [9.17, 15) is 4.79 Å². The highest BCUT2D eigenvalue weighted by Gasteiger charge is 2.13. The summed E-state index contributed by atoms with van der Waals surface area (Å²) in [6.07, 6.45) is 1.93. The molecule has 0 saturated carbocycles. The van der Waals surface area contributed by atoms with Crippen LogP contribution in [-0.2, 0) is 0 Å². The molecule has 3 nitrogen and oxygen atoms in total. The number of rotatable bonds is 1. The van der Waals surface area contributed by atoms with Crippen molar-refractivity contribution in [2.24, 2.45) is 5.73 Å². The van der Waals surface area contributed by atoms with Gasteiger partial charge in [0.2, 0.25) is 11.4 Å². The molecule has 0 saturated heterocycles. The maximum absolute atomic E-state index is 11.5. The number of aromatic amines is 1. The van der Waals surface area contributed by atoms with Gasteiger partial charge in [0, 0.05) is 16.8 Å². The SMILES string of the molecule is NC(=O)c1cccc2[nH+]cc3ccccc3c12. The molecule has 17 heavy (non-hydrogen) atoms. The number of nitrogens with one attached hydrogen (secondary N) is 1. The maximum atomic E-state index is 11.5. The third kappa shape index (κ3) is 1.44. The van der Waals surface area contributed by atoms with Gasteiger partial charge in [-0.1, -0.05) is 24.3 Å². The molecule has 0 unspecified atom stereocenters. The van der Waals surface area contributed by atoms with E-state index in [2.05, 4.69) is 4.98 Å². The van der Waals surface area contributed by atoms with E-state index in [0.29, 0.717) is 5.56 Å². The van der Waals surface area contributed by atoms with Crippen molar-refractivity contribution in [1.82, 2.24) is 0 Å². The van der Waals surface area contributed by atoms with Crippen LogP contribution in [0, 0.1) is 0 Å². The highest BCUT2D eigenvalue weighted by molar-refractivity contribution is 6.14. The fourth-order valence-electron chi connectivity index (χ4n) is 2.17. The monoisotopic (exact) mass is 223 g/mol. The minimum atomic E-state index is -0.402. The highest BCUT2D eigenvalue weighted by Crippen LogP contribution is 2.24. The van der Waals surface area contributed by atoms with E-state index in [-0.39, 0.29) is 0 Å². The van der Waals surface area contributed by atoms with Crippen molar-refractivity contribution < 1.29 is 9.78 Å². The molecule has 1 amide bonds. The number of amides is 1. The van der Waals surface area contributed by atoms with Gasteiger partial charge in [0.1, 0.15) is 0 Å². The zero-order valence-electron chi connectivity index (χ0n) is 9.10. The van der Waals surface area contributed by atoms with Gasteiger partial charge in [0.05, 0.1) is 10.9 Å². The van der Waals surface area contributed by atoms with Gasteiger partial charge in [-0.2, -0.15) is 0 Å². The maximum Gasteiger partial charge on any atom is 0.249 e. The molecule has 3 heteroatoms. The molecule has 0 spiro atoms. The van der Waals surface area contributed by atoms with Crippen molar-refractivity contribution in [2.75, 3.05) is 0 Å². The summed E-state index contributed by atoms with van der Waals surface area (Å²) in [5.74, 6) is -0.402. The molecule has 0 aliphatic carbocycles. The Morgan fingerprint density at radius 2 is 1.88 bits per heavy atom. The number of aromatic nitrogens is 1. The number of pyridine rings is 1. The van der Waals surface area contributed by atoms with Crippen LogP contribution in [0.5, 0.6) is 0 Å². The minimum absolute atomic E-state index is 0.402. The molecule has 3 aromatic rings. The third-order valence-electron chi connectivity index (χ3n) is 2.94. The number of primary amides is 1. The number of carbonyl (C=O) groups is 1. The Morgan fingerprint density at radius 3 is 2.71 bits per heavy atom. The molecule has 3 rings (SSSR count). The van der Waals surface area contributed by atoms with Crippen molar-refractivity contribution in [3.63, 3.8) is 0 Å². The molecule has 2 aromatic carbocycles. The Balaban J connectivity index is 2.59. The minimum Gasteiger partial charge on any atom is -0.366 e. The third-order valence-corrected chi connectivity index (χ3v) is 2.94. The lowest BCUT2D eigenvalue weighted by Gasteiger charge is -2.02. The van der Waals surface area contributed by atoms with E-state index in [1.54, 1.807) is 6.07 Å². The molecule has 3 N–H and O–H groups in total. The molecule has 0 radical (unpaired) electrons. The fraction of sp³-hybridized carbons (Fsp3) is 0. The van der Waals surface area contributed by atoms with Crippen molar-refractivity contribution in [3.8, 4) is 0 Å². The normalized spacial score (nSPS) is 10.8. The first-order valence-electron chi connectivity index (χ1n) is 5.39. The van der Waals surface area contributed by atoms with Crippen LogP contribution < -0.4 is 10.7 Å². The molecule has 0 aliphatic rings. The summed E-state index contributed by atoms with van der Waals surface area (Å²) < 4.78 is 0. The first-order valence-corrected chi connectivity index (χ1v) is 5.39. The van der Waals surface area contributed by atoms with Crippen LogP contribution in [0.25, 0.3) is 21.7 Å². The van der Waals surface area contributed by atoms with E-state index in [0.717, 1.165) is 21.7 Å². The van der Waals surface area contributed by atoms with Crippen LogP contribution in [0.2, 0.25) is 0 Å². The van der Waals surface area contributed by atoms with Crippen LogP contribution in [0.1, 0.15) is 10.4 Å². The van der Waals surface area contributed by atoms with Gasteiger partial charge in [-0.05, 0) is 12.1 Å². The highest BCUT2D eigenvalue weighted by atomic mass is 16.1. The van der Waals surface area contributed by atoms with E-state index in [1.165, 1.54) is 0 Å². The van der Waals surface area contributed by atoms with Gasteiger partial charge in [-0.15, -0.1) is 0 Å². The summed E-state index contributed by atoms with van der Waals surface area (Å²) in [4.78, 5) is 14.6. The number of carbonyl (C=O) groups excluding carboxylic acids is 1. The Morgan fingerprint density at radius 1 is 1.06 bits per heavy atom. The van der Waals surface area contributed by atoms with E-state index in [1.807, 2.05) is 42.6 Å². The number of benzene rings is 2. The lowest BCUT2D eigenvalue weighted by atomic mass is 10.0. The van der Waals surface area contributed by atoms with Gasteiger partial charge >= 0.3 is 0 Å². The molecular weight excluding hydrogens is 212 g/mol. The summed E-state index contributed by atoms with van der Waals surface area (Å²) >= 11 is 0. The molecule has 0 aliphatic heterocycles. The van der Waals surface area contributed by atoms with Gasteiger partial charge < -0.3 is 5.73 Å². The Hall–Kier alpha value is -2.42. The zero-order valence-corrected chi connectivity index (χ0v) is 9.10. The molecule has 1 heterocycles. The van der Waals surface area contributed by atoms with Crippen LogP contribution in [0.4, 0.5) is 0 Å². The molecule has 1 aromatic heterocycles. The molecule has 0 bridgehead atoms. The summed E-state index contributed by atoms with van der Waals surface area (Å²) in [7, 11) is 0. The molecular formula is C14H11N2O+. The zero-order chi connectivity index (χ0) is 11.8. The lowest BCUT2D eigenvalue weighted by Crippen LogP contribution is -2.13. The van der Waals surface area contributed by atoms with Crippen molar-refractivity contribution in [1.29, 1.82) is 0 Å². The predicted octanol–water partition coefficient (Wildman–Crippen LogP) is 1.91. The topological polar surface area (TPSA) is 57.2 Å². The van der Waals surface area contributed by atoms with Crippen LogP contribution >= 0.6 is 0 Å². The Kier molecular flexibility index (Phi) is 2.05. The second kappa shape index (κ2) is 3.56. The first kappa shape index (κ1) is 9.78.